The van der Waals surface area contributed by atoms with Crippen molar-refractivity contribution >= 4 is 18.0 Å². The molecule has 0 spiro atoms. The van der Waals surface area contributed by atoms with Gasteiger partial charge >= 0.3 is 12.1 Å². The lowest BCUT2D eigenvalue weighted by Crippen LogP contribution is -2.53. The van der Waals surface area contributed by atoms with Gasteiger partial charge in [0.1, 0.15) is 18.7 Å². The number of carbonyl (C=O) groups excluding carboxylic acids is 2. The van der Waals surface area contributed by atoms with Gasteiger partial charge in [-0.3, -0.25) is 9.59 Å². The Morgan fingerprint density at radius 1 is 1.09 bits per heavy atom. The second-order valence-electron chi connectivity index (χ2n) is 5.50. The highest BCUT2D eigenvalue weighted by molar-refractivity contribution is 5.89. The van der Waals surface area contributed by atoms with E-state index in [1.807, 2.05) is 30.3 Å². The molecule has 1 rings (SSSR count). The maximum absolute atomic E-state index is 12.1. The van der Waals surface area contributed by atoms with Crippen LogP contribution in [0.4, 0.5) is 4.79 Å². The first kappa shape index (κ1) is 18.5. The second kappa shape index (κ2) is 8.77. The topological polar surface area (TPSA) is 105 Å². The third-order valence-electron chi connectivity index (χ3n) is 3.16. The van der Waals surface area contributed by atoms with Crippen LogP contribution < -0.4 is 10.6 Å². The number of benzene rings is 1. The Balaban J connectivity index is 2.56. The Kier molecular flexibility index (Phi) is 7.05. The van der Waals surface area contributed by atoms with E-state index in [0.29, 0.717) is 0 Å². The zero-order valence-corrected chi connectivity index (χ0v) is 13.4. The van der Waals surface area contributed by atoms with Gasteiger partial charge in [-0.15, -0.1) is 0 Å². The normalized spacial score (nSPS) is 13.0. The standard InChI is InChI=1S/C16H22N2O5/c1-10(2)13(14(19)17-11(3)15(20)21)18-16(22)23-9-12-7-5-4-6-8-12/h4-8,10-11,13H,9H2,1-3H3,(H,17,19)(H,18,22)(H,20,21)/t11-,13?/m0/s1. The summed E-state index contributed by atoms with van der Waals surface area (Å²) in [5.74, 6) is -1.93. The van der Waals surface area contributed by atoms with E-state index in [2.05, 4.69) is 10.6 Å². The van der Waals surface area contributed by atoms with E-state index in [1.165, 1.54) is 6.92 Å². The van der Waals surface area contributed by atoms with Gasteiger partial charge in [0.05, 0.1) is 0 Å². The maximum Gasteiger partial charge on any atom is 0.408 e. The smallest absolute Gasteiger partial charge is 0.408 e. The number of hydrogen-bond donors (Lipinski definition) is 3. The summed E-state index contributed by atoms with van der Waals surface area (Å²) in [4.78, 5) is 34.7. The molecule has 0 radical (unpaired) electrons. The van der Waals surface area contributed by atoms with Crippen molar-refractivity contribution in [3.63, 3.8) is 0 Å². The zero-order chi connectivity index (χ0) is 17.4. The highest BCUT2D eigenvalue weighted by Gasteiger charge is 2.27. The van der Waals surface area contributed by atoms with Crippen LogP contribution >= 0.6 is 0 Å². The first-order valence-corrected chi connectivity index (χ1v) is 7.31. The predicted molar refractivity (Wildman–Crippen MR) is 83.6 cm³/mol. The minimum absolute atomic E-state index is 0.0879. The summed E-state index contributed by atoms with van der Waals surface area (Å²) < 4.78 is 5.06. The molecule has 0 heterocycles. The van der Waals surface area contributed by atoms with Gasteiger partial charge in [-0.05, 0) is 18.4 Å². The highest BCUT2D eigenvalue weighted by atomic mass is 16.5. The molecule has 2 atom stereocenters. The van der Waals surface area contributed by atoms with Crippen LogP contribution in [0.2, 0.25) is 0 Å². The van der Waals surface area contributed by atoms with Crippen molar-refractivity contribution in [2.45, 2.75) is 39.5 Å². The first-order chi connectivity index (χ1) is 10.8. The molecule has 7 heteroatoms. The fraction of sp³-hybridized carbons (Fsp3) is 0.438. The van der Waals surface area contributed by atoms with Gasteiger partial charge in [0.2, 0.25) is 5.91 Å². The van der Waals surface area contributed by atoms with E-state index in [-0.39, 0.29) is 12.5 Å². The van der Waals surface area contributed by atoms with Crippen LogP contribution in [-0.4, -0.2) is 35.2 Å². The SMILES string of the molecule is CC(C)C(NC(=O)OCc1ccccc1)C(=O)N[C@@H](C)C(=O)O. The summed E-state index contributed by atoms with van der Waals surface area (Å²) >= 11 is 0. The van der Waals surface area contributed by atoms with E-state index < -0.39 is 30.1 Å². The number of ether oxygens (including phenoxy) is 1. The second-order valence-corrected chi connectivity index (χ2v) is 5.50. The van der Waals surface area contributed by atoms with Crippen molar-refractivity contribution < 1.29 is 24.2 Å². The molecule has 0 saturated heterocycles. The lowest BCUT2D eigenvalue weighted by Gasteiger charge is -2.22. The largest absolute Gasteiger partial charge is 0.480 e. The average molecular weight is 322 g/mol. The highest BCUT2D eigenvalue weighted by Crippen LogP contribution is 2.05. The van der Waals surface area contributed by atoms with Crippen LogP contribution in [0, 0.1) is 5.92 Å². The number of alkyl carbamates (subject to hydrolysis) is 1. The van der Waals surface area contributed by atoms with E-state index in [1.54, 1.807) is 13.8 Å². The van der Waals surface area contributed by atoms with Crippen molar-refractivity contribution in [3.05, 3.63) is 35.9 Å². The Hall–Kier alpha value is -2.57. The summed E-state index contributed by atoms with van der Waals surface area (Å²) in [6, 6.07) is 7.23. The summed E-state index contributed by atoms with van der Waals surface area (Å²) in [6.07, 6.45) is -0.731. The predicted octanol–water partition coefficient (Wildman–Crippen LogP) is 1.53. The van der Waals surface area contributed by atoms with Crippen LogP contribution in [0.15, 0.2) is 30.3 Å². The fourth-order valence-corrected chi connectivity index (χ4v) is 1.79. The number of nitrogens with one attached hydrogen (secondary N) is 2. The number of amides is 2. The molecule has 0 fully saturated rings. The fourth-order valence-electron chi connectivity index (χ4n) is 1.79. The molecule has 1 unspecified atom stereocenters. The van der Waals surface area contributed by atoms with Crippen molar-refractivity contribution in [1.29, 1.82) is 0 Å². The Bertz CT molecular complexity index is 545. The zero-order valence-electron chi connectivity index (χ0n) is 13.4. The molecule has 0 saturated carbocycles. The molecular weight excluding hydrogens is 300 g/mol. The minimum atomic E-state index is -1.15. The molecular formula is C16H22N2O5. The summed E-state index contributed by atoms with van der Waals surface area (Å²) in [5, 5.41) is 13.6. The molecule has 0 aliphatic heterocycles. The molecule has 0 aliphatic rings. The van der Waals surface area contributed by atoms with Gasteiger partial charge in [-0.2, -0.15) is 0 Å². The van der Waals surface area contributed by atoms with E-state index in [4.69, 9.17) is 9.84 Å². The summed E-state index contributed by atoms with van der Waals surface area (Å²) in [5.41, 5.74) is 0.827. The van der Waals surface area contributed by atoms with Gasteiger partial charge in [0.15, 0.2) is 0 Å². The summed E-state index contributed by atoms with van der Waals surface area (Å²) in [6.45, 7) is 4.93. The van der Waals surface area contributed by atoms with Crippen molar-refractivity contribution in [2.24, 2.45) is 5.92 Å². The van der Waals surface area contributed by atoms with E-state index in [9.17, 15) is 14.4 Å². The van der Waals surface area contributed by atoms with Crippen molar-refractivity contribution in [2.75, 3.05) is 0 Å². The van der Waals surface area contributed by atoms with Gasteiger partial charge < -0.3 is 20.5 Å². The van der Waals surface area contributed by atoms with E-state index in [0.717, 1.165) is 5.56 Å². The lowest BCUT2D eigenvalue weighted by molar-refractivity contribution is -0.141. The number of hydrogen-bond acceptors (Lipinski definition) is 4. The van der Waals surface area contributed by atoms with Crippen LogP contribution in [0.3, 0.4) is 0 Å². The van der Waals surface area contributed by atoms with Crippen LogP contribution in [-0.2, 0) is 20.9 Å². The van der Waals surface area contributed by atoms with Gasteiger partial charge in [0.25, 0.3) is 0 Å². The number of rotatable bonds is 7. The molecule has 0 aliphatic carbocycles. The first-order valence-electron chi connectivity index (χ1n) is 7.31. The molecule has 2 amide bonds. The Labute approximate surface area is 135 Å². The van der Waals surface area contributed by atoms with Crippen LogP contribution in [0.25, 0.3) is 0 Å². The summed E-state index contributed by atoms with van der Waals surface area (Å²) in [7, 11) is 0. The number of carboxylic acids is 1. The van der Waals surface area contributed by atoms with E-state index >= 15 is 0 Å². The number of aliphatic carboxylic acids is 1. The molecule has 0 bridgehead atoms. The minimum Gasteiger partial charge on any atom is -0.480 e. The monoisotopic (exact) mass is 322 g/mol. The van der Waals surface area contributed by atoms with Crippen LogP contribution in [0.5, 0.6) is 0 Å². The Morgan fingerprint density at radius 3 is 2.22 bits per heavy atom. The molecule has 1 aromatic rings. The molecule has 0 aromatic heterocycles. The van der Waals surface area contributed by atoms with Gasteiger partial charge in [-0.25, -0.2) is 4.79 Å². The molecule has 126 valence electrons. The Morgan fingerprint density at radius 2 is 1.70 bits per heavy atom. The molecule has 23 heavy (non-hydrogen) atoms. The van der Waals surface area contributed by atoms with Crippen LogP contribution in [0.1, 0.15) is 26.3 Å². The lowest BCUT2D eigenvalue weighted by atomic mass is 10.0. The average Bonchev–Trinajstić information content (AvgIpc) is 2.51. The third-order valence-corrected chi connectivity index (χ3v) is 3.16. The van der Waals surface area contributed by atoms with Crippen molar-refractivity contribution in [1.82, 2.24) is 10.6 Å². The molecule has 1 aromatic carbocycles. The molecule has 3 N–H and O–H groups in total. The quantitative estimate of drug-likeness (QED) is 0.706. The number of carbonyl (C=O) groups is 3. The maximum atomic E-state index is 12.1. The number of carboxylic acid groups (broad SMARTS) is 1. The third kappa shape index (κ3) is 6.37. The van der Waals surface area contributed by atoms with Crippen molar-refractivity contribution in [3.8, 4) is 0 Å². The van der Waals surface area contributed by atoms with Gasteiger partial charge in [0, 0.05) is 0 Å². The molecule has 7 nitrogen and oxygen atoms in total. The van der Waals surface area contributed by atoms with Gasteiger partial charge in [-0.1, -0.05) is 44.2 Å².